The van der Waals surface area contributed by atoms with Crippen LogP contribution < -0.4 is 0 Å². The van der Waals surface area contributed by atoms with Crippen LogP contribution in [0.3, 0.4) is 0 Å². The van der Waals surface area contributed by atoms with E-state index in [1.807, 2.05) is 0 Å². The first-order valence-corrected chi connectivity index (χ1v) is 22.2. The molecular formula is C47H84O5. The number of hydrogen-bond donors (Lipinski definition) is 1. The molecule has 5 heteroatoms. The Labute approximate surface area is 322 Å². The van der Waals surface area contributed by atoms with Crippen LogP contribution in [0.5, 0.6) is 0 Å². The molecule has 5 nitrogen and oxygen atoms in total. The molecule has 1 atom stereocenters. The third-order valence-corrected chi connectivity index (χ3v) is 9.60. The molecule has 0 saturated carbocycles. The van der Waals surface area contributed by atoms with Crippen molar-refractivity contribution in [1.82, 2.24) is 0 Å². The zero-order chi connectivity index (χ0) is 37.8. The quantitative estimate of drug-likeness (QED) is 0.0386. The van der Waals surface area contributed by atoms with Crippen molar-refractivity contribution in [3.8, 4) is 0 Å². The summed E-state index contributed by atoms with van der Waals surface area (Å²) in [5, 5.41) is 9.58. The van der Waals surface area contributed by atoms with E-state index in [-0.39, 0.29) is 25.2 Å². The van der Waals surface area contributed by atoms with Gasteiger partial charge in [-0.05, 0) is 77.0 Å². The highest BCUT2D eigenvalue weighted by molar-refractivity contribution is 5.70. The predicted molar refractivity (Wildman–Crippen MR) is 224 cm³/mol. The Bertz CT molecular complexity index is 873. The fourth-order valence-electron chi connectivity index (χ4n) is 6.20. The van der Waals surface area contributed by atoms with E-state index >= 15 is 0 Å². The lowest BCUT2D eigenvalue weighted by Crippen LogP contribution is -2.28. The number of carbonyl (C=O) groups excluding carboxylic acids is 2. The third kappa shape index (κ3) is 40.6. The maximum atomic E-state index is 12.2. The van der Waals surface area contributed by atoms with Crippen molar-refractivity contribution in [3.63, 3.8) is 0 Å². The number of esters is 2. The number of rotatable bonds is 40. The molecule has 0 aliphatic rings. The van der Waals surface area contributed by atoms with Crippen molar-refractivity contribution in [2.45, 2.75) is 225 Å². The average Bonchev–Trinajstić information content (AvgIpc) is 3.15. The Hall–Kier alpha value is -2.14. The Morgan fingerprint density at radius 1 is 0.442 bits per heavy atom. The highest BCUT2D eigenvalue weighted by Crippen LogP contribution is 2.13. The highest BCUT2D eigenvalue weighted by atomic mass is 16.6. The molecule has 0 aromatic heterocycles. The van der Waals surface area contributed by atoms with Gasteiger partial charge in [-0.25, -0.2) is 0 Å². The molecule has 0 aromatic rings. The van der Waals surface area contributed by atoms with Gasteiger partial charge in [-0.1, -0.05) is 178 Å². The monoisotopic (exact) mass is 729 g/mol. The van der Waals surface area contributed by atoms with Crippen LogP contribution in [0, 0.1) is 0 Å². The molecule has 1 unspecified atom stereocenters. The van der Waals surface area contributed by atoms with E-state index in [0.29, 0.717) is 12.8 Å². The minimum absolute atomic E-state index is 0.0735. The van der Waals surface area contributed by atoms with E-state index in [2.05, 4.69) is 62.5 Å². The van der Waals surface area contributed by atoms with Crippen LogP contribution in [-0.2, 0) is 19.1 Å². The summed E-state index contributed by atoms with van der Waals surface area (Å²) in [6.07, 6.45) is 54.6. The standard InChI is InChI=1S/C47H84O5/c1-3-5-7-9-11-13-15-17-19-21-22-23-24-26-28-30-32-34-36-38-40-42-47(50)52-45(43-48)44-51-46(49)41-39-37-35-33-31-29-27-25-20-18-16-14-12-10-8-6-4-2/h15,17-18,20-22,24,26,45,48H,3-14,16,19,23,25,27-44H2,1-2H3/b17-15-,20-18-,22-21-,26-24-. The number of hydrogen-bond acceptors (Lipinski definition) is 5. The number of aliphatic hydroxyl groups is 1. The fourth-order valence-corrected chi connectivity index (χ4v) is 6.20. The molecule has 0 aliphatic carbocycles. The van der Waals surface area contributed by atoms with Crippen molar-refractivity contribution >= 4 is 11.9 Å². The molecule has 0 heterocycles. The van der Waals surface area contributed by atoms with E-state index in [1.165, 1.54) is 135 Å². The molecule has 1 N–H and O–H groups in total. The van der Waals surface area contributed by atoms with E-state index in [0.717, 1.165) is 57.8 Å². The van der Waals surface area contributed by atoms with E-state index in [9.17, 15) is 14.7 Å². The smallest absolute Gasteiger partial charge is 0.306 e. The number of aliphatic hydroxyl groups excluding tert-OH is 1. The second-order valence-electron chi connectivity index (χ2n) is 14.8. The molecule has 0 aromatic carbocycles. The van der Waals surface area contributed by atoms with Gasteiger partial charge >= 0.3 is 11.9 Å². The summed E-state index contributed by atoms with van der Waals surface area (Å²) in [4.78, 5) is 24.3. The normalized spacial score (nSPS) is 12.6. The Morgan fingerprint density at radius 2 is 0.769 bits per heavy atom. The van der Waals surface area contributed by atoms with Gasteiger partial charge in [-0.3, -0.25) is 9.59 Å². The topological polar surface area (TPSA) is 72.8 Å². The van der Waals surface area contributed by atoms with Crippen LogP contribution in [0.4, 0.5) is 0 Å². The second kappa shape index (κ2) is 43.3. The molecule has 0 bridgehead atoms. The van der Waals surface area contributed by atoms with Gasteiger partial charge in [-0.2, -0.15) is 0 Å². The molecule has 0 rings (SSSR count). The van der Waals surface area contributed by atoms with Crippen molar-refractivity contribution in [3.05, 3.63) is 48.6 Å². The lowest BCUT2D eigenvalue weighted by atomic mass is 10.1. The molecule has 0 amide bonds. The molecule has 52 heavy (non-hydrogen) atoms. The molecule has 0 spiro atoms. The molecule has 0 fully saturated rings. The van der Waals surface area contributed by atoms with Gasteiger partial charge < -0.3 is 14.6 Å². The SMILES string of the molecule is CCCCCCC/C=C\C/C=C\C/C=C\CCCCCCCCC(=O)OC(CO)COC(=O)CCCCCCCCC/C=C\CCCCCCCC. The van der Waals surface area contributed by atoms with Crippen molar-refractivity contribution in [2.75, 3.05) is 13.2 Å². The lowest BCUT2D eigenvalue weighted by molar-refractivity contribution is -0.161. The van der Waals surface area contributed by atoms with E-state index < -0.39 is 6.10 Å². The van der Waals surface area contributed by atoms with Crippen LogP contribution >= 0.6 is 0 Å². The van der Waals surface area contributed by atoms with E-state index in [4.69, 9.17) is 9.47 Å². The minimum atomic E-state index is -0.780. The lowest BCUT2D eigenvalue weighted by Gasteiger charge is -2.15. The Balaban J connectivity index is 3.58. The summed E-state index contributed by atoms with van der Waals surface area (Å²) >= 11 is 0. The van der Waals surface area contributed by atoms with Crippen LogP contribution in [0.25, 0.3) is 0 Å². The minimum Gasteiger partial charge on any atom is -0.462 e. The van der Waals surface area contributed by atoms with Crippen molar-refractivity contribution < 1.29 is 24.2 Å². The summed E-state index contributed by atoms with van der Waals surface area (Å²) in [5.41, 5.74) is 0. The van der Waals surface area contributed by atoms with Crippen molar-refractivity contribution in [1.29, 1.82) is 0 Å². The summed E-state index contributed by atoms with van der Waals surface area (Å²) in [6, 6.07) is 0. The average molecular weight is 729 g/mol. The highest BCUT2D eigenvalue weighted by Gasteiger charge is 2.16. The number of allylic oxidation sites excluding steroid dienone is 8. The molecule has 0 aliphatic heterocycles. The maximum Gasteiger partial charge on any atom is 0.306 e. The van der Waals surface area contributed by atoms with Crippen molar-refractivity contribution in [2.24, 2.45) is 0 Å². The summed E-state index contributed by atoms with van der Waals surface area (Å²) in [5.74, 6) is -0.608. The number of carbonyl (C=O) groups is 2. The fraction of sp³-hybridized carbons (Fsp3) is 0.787. The van der Waals surface area contributed by atoms with Gasteiger partial charge in [0.1, 0.15) is 6.61 Å². The van der Waals surface area contributed by atoms with Crippen LogP contribution in [0.15, 0.2) is 48.6 Å². The number of ether oxygens (including phenoxy) is 2. The second-order valence-corrected chi connectivity index (χ2v) is 14.8. The predicted octanol–water partition coefficient (Wildman–Crippen LogP) is 14.2. The number of unbranched alkanes of at least 4 members (excludes halogenated alkanes) is 24. The Morgan fingerprint density at radius 3 is 1.17 bits per heavy atom. The zero-order valence-electron chi connectivity index (χ0n) is 34.3. The van der Waals surface area contributed by atoms with Crippen LogP contribution in [0.1, 0.15) is 219 Å². The van der Waals surface area contributed by atoms with Crippen LogP contribution in [0.2, 0.25) is 0 Å². The van der Waals surface area contributed by atoms with Gasteiger partial charge in [-0.15, -0.1) is 0 Å². The van der Waals surface area contributed by atoms with Crippen LogP contribution in [-0.4, -0.2) is 36.4 Å². The van der Waals surface area contributed by atoms with E-state index in [1.54, 1.807) is 0 Å². The van der Waals surface area contributed by atoms with Gasteiger partial charge in [0.25, 0.3) is 0 Å². The largest absolute Gasteiger partial charge is 0.462 e. The first-order chi connectivity index (χ1) is 25.6. The maximum absolute atomic E-state index is 12.2. The molecule has 0 radical (unpaired) electrons. The first kappa shape index (κ1) is 49.9. The summed E-state index contributed by atoms with van der Waals surface area (Å²) in [6.45, 7) is 4.12. The van der Waals surface area contributed by atoms with Gasteiger partial charge in [0.05, 0.1) is 6.61 Å². The summed E-state index contributed by atoms with van der Waals surface area (Å²) < 4.78 is 10.6. The van der Waals surface area contributed by atoms with Gasteiger partial charge in [0, 0.05) is 12.8 Å². The molecular weight excluding hydrogens is 645 g/mol. The molecule has 0 saturated heterocycles. The first-order valence-electron chi connectivity index (χ1n) is 22.2. The third-order valence-electron chi connectivity index (χ3n) is 9.60. The summed E-state index contributed by atoms with van der Waals surface area (Å²) in [7, 11) is 0. The Kier molecular flexibility index (Phi) is 41.5. The van der Waals surface area contributed by atoms with Gasteiger partial charge in [0.2, 0.25) is 0 Å². The molecule has 302 valence electrons. The van der Waals surface area contributed by atoms with Gasteiger partial charge in [0.15, 0.2) is 6.10 Å². The zero-order valence-corrected chi connectivity index (χ0v) is 34.3.